The minimum absolute atomic E-state index is 0.131. The van der Waals surface area contributed by atoms with E-state index in [0.717, 1.165) is 24.0 Å². The van der Waals surface area contributed by atoms with Gasteiger partial charge in [-0.05, 0) is 48.7 Å². The van der Waals surface area contributed by atoms with Gasteiger partial charge in [-0.15, -0.1) is 0 Å². The Morgan fingerprint density at radius 3 is 2.47 bits per heavy atom. The van der Waals surface area contributed by atoms with Crippen LogP contribution in [0.5, 0.6) is 0 Å². The molecular formula is C29H32F4N4O6. The number of aliphatic hydroxyl groups is 1. The number of nitrogens with one attached hydrogen (secondary N) is 1. The topological polar surface area (TPSA) is 119 Å². The van der Waals surface area contributed by atoms with Gasteiger partial charge in [-0.25, -0.2) is 9.18 Å². The van der Waals surface area contributed by atoms with E-state index in [1.807, 2.05) is 6.92 Å². The fraction of sp³-hybridized carbons (Fsp3) is 0.448. The summed E-state index contributed by atoms with van der Waals surface area (Å²) in [6.45, 7) is 1.25. The third-order valence-electron chi connectivity index (χ3n) is 7.51. The van der Waals surface area contributed by atoms with Crippen molar-refractivity contribution >= 4 is 29.3 Å². The van der Waals surface area contributed by atoms with Crippen LogP contribution in [-0.4, -0.2) is 88.6 Å². The van der Waals surface area contributed by atoms with Crippen molar-refractivity contribution in [3.8, 4) is 0 Å². The largest absolute Gasteiger partial charge is 0.408 e. The van der Waals surface area contributed by atoms with Gasteiger partial charge in [0.2, 0.25) is 11.5 Å². The van der Waals surface area contributed by atoms with E-state index in [2.05, 4.69) is 5.32 Å². The number of fused-ring (bicyclic) bond motifs is 2. The third-order valence-corrected chi connectivity index (χ3v) is 7.51. The molecule has 1 spiro atoms. The lowest BCUT2D eigenvalue weighted by molar-refractivity contribution is -0.187. The van der Waals surface area contributed by atoms with Gasteiger partial charge in [-0.2, -0.15) is 13.2 Å². The van der Waals surface area contributed by atoms with Crippen LogP contribution in [0.25, 0.3) is 0 Å². The molecule has 0 saturated carbocycles. The quantitative estimate of drug-likeness (QED) is 0.316. The van der Waals surface area contributed by atoms with Gasteiger partial charge in [-0.1, -0.05) is 25.1 Å². The number of carbonyl (C=O) groups excluding carboxylic acids is 4. The molecular weight excluding hydrogens is 576 g/mol. The second-order valence-corrected chi connectivity index (χ2v) is 10.4. The smallest absolute Gasteiger partial charge is 0.395 e. The van der Waals surface area contributed by atoms with E-state index in [1.165, 1.54) is 35.2 Å². The van der Waals surface area contributed by atoms with Crippen LogP contribution in [0.1, 0.15) is 37.0 Å². The second kappa shape index (κ2) is 12.7. The molecule has 232 valence electrons. The predicted molar refractivity (Wildman–Crippen MR) is 145 cm³/mol. The van der Waals surface area contributed by atoms with Gasteiger partial charge < -0.3 is 29.9 Å². The molecule has 1 aliphatic carbocycles. The standard InChI is InChI=1S/C29H32F4N4O6/c1-3-10-35(11-12-38)27(42)34-22-8-9-23-20(13-22)14-24(39)28(23)26(41)36(17-43-28)16-25(40)37(18(2)29(31,32)33)15-19-4-6-21(30)7-5-19/h4-9,13,18,38H,3,10-12,14-17H2,1-2H3,(H,34,42)/t18?,28-/m1/s1. The van der Waals surface area contributed by atoms with Gasteiger partial charge in [0.1, 0.15) is 25.1 Å². The number of nitrogens with zero attached hydrogens (tertiary/aromatic N) is 3. The third kappa shape index (κ3) is 6.49. The van der Waals surface area contributed by atoms with E-state index >= 15 is 0 Å². The van der Waals surface area contributed by atoms with E-state index in [4.69, 9.17) is 4.74 Å². The van der Waals surface area contributed by atoms with E-state index in [0.29, 0.717) is 29.1 Å². The van der Waals surface area contributed by atoms with Crippen molar-refractivity contribution in [1.29, 1.82) is 0 Å². The predicted octanol–water partition coefficient (Wildman–Crippen LogP) is 3.18. The Balaban J connectivity index is 1.52. The number of Topliss-reactive ketones (excluding diaryl/α,β-unsaturated/α-hetero) is 1. The van der Waals surface area contributed by atoms with Crippen molar-refractivity contribution in [2.75, 3.05) is 38.3 Å². The van der Waals surface area contributed by atoms with E-state index < -0.39 is 67.1 Å². The summed E-state index contributed by atoms with van der Waals surface area (Å²) in [5.41, 5.74) is -0.813. The molecule has 0 bridgehead atoms. The lowest BCUT2D eigenvalue weighted by atomic mass is 9.94. The van der Waals surface area contributed by atoms with Crippen LogP contribution in [0.3, 0.4) is 0 Å². The van der Waals surface area contributed by atoms with Crippen molar-refractivity contribution in [1.82, 2.24) is 14.7 Å². The molecule has 1 saturated heterocycles. The molecule has 2 N–H and O–H groups in total. The van der Waals surface area contributed by atoms with Crippen LogP contribution >= 0.6 is 0 Å². The molecule has 4 rings (SSSR count). The Bertz CT molecular complexity index is 1380. The number of urea groups is 1. The van der Waals surface area contributed by atoms with Crippen molar-refractivity contribution in [2.24, 2.45) is 0 Å². The number of ether oxygens (including phenoxy) is 1. The fourth-order valence-electron chi connectivity index (χ4n) is 5.20. The first-order valence-electron chi connectivity index (χ1n) is 13.7. The molecule has 14 heteroatoms. The summed E-state index contributed by atoms with van der Waals surface area (Å²) in [7, 11) is 0. The maximum atomic E-state index is 13.7. The molecule has 2 aromatic rings. The monoisotopic (exact) mass is 608 g/mol. The number of amides is 4. The van der Waals surface area contributed by atoms with Crippen LogP contribution in [0.4, 0.5) is 28.0 Å². The van der Waals surface area contributed by atoms with E-state index in [1.54, 1.807) is 0 Å². The fourth-order valence-corrected chi connectivity index (χ4v) is 5.20. The number of alkyl halides is 3. The molecule has 0 radical (unpaired) electrons. The summed E-state index contributed by atoms with van der Waals surface area (Å²) in [4.78, 5) is 55.4. The number of carbonyl (C=O) groups is 4. The average Bonchev–Trinajstić information content (AvgIpc) is 3.42. The van der Waals surface area contributed by atoms with Crippen molar-refractivity contribution in [3.05, 3.63) is 65.0 Å². The highest BCUT2D eigenvalue weighted by Gasteiger charge is 2.59. The number of aliphatic hydroxyl groups excluding tert-OH is 1. The molecule has 0 aromatic heterocycles. The summed E-state index contributed by atoms with van der Waals surface area (Å²) in [5.74, 6) is -3.11. The molecule has 1 heterocycles. The molecule has 1 unspecified atom stereocenters. The number of rotatable bonds is 10. The van der Waals surface area contributed by atoms with E-state index in [9.17, 15) is 41.8 Å². The first-order chi connectivity index (χ1) is 20.3. The molecule has 4 amide bonds. The summed E-state index contributed by atoms with van der Waals surface area (Å²) in [6, 6.07) is 6.46. The Morgan fingerprint density at radius 1 is 1.14 bits per heavy atom. The molecule has 2 atom stereocenters. The Hall–Kier alpha value is -4.04. The SMILES string of the molecule is CCCN(CCO)C(=O)Nc1ccc2c(c1)CC(=O)[C@]21OCN(CC(=O)N(Cc2ccc(F)cc2)C(C)C(F)(F)F)C1=O. The zero-order chi connectivity index (χ0) is 31.5. The zero-order valence-electron chi connectivity index (χ0n) is 23.6. The number of halogens is 4. The molecule has 2 aliphatic rings. The maximum absolute atomic E-state index is 13.7. The molecule has 10 nitrogen and oxygen atoms in total. The highest BCUT2D eigenvalue weighted by atomic mass is 19.4. The Morgan fingerprint density at radius 2 is 1.84 bits per heavy atom. The van der Waals surface area contributed by atoms with Crippen LogP contribution in [0, 0.1) is 5.82 Å². The molecule has 1 fully saturated rings. The van der Waals surface area contributed by atoms with Gasteiger partial charge in [0, 0.05) is 37.3 Å². The Labute approximate surface area is 245 Å². The van der Waals surface area contributed by atoms with Crippen LogP contribution in [0.15, 0.2) is 42.5 Å². The van der Waals surface area contributed by atoms with Gasteiger partial charge >= 0.3 is 12.2 Å². The highest BCUT2D eigenvalue weighted by Crippen LogP contribution is 2.43. The van der Waals surface area contributed by atoms with Crippen LogP contribution in [0.2, 0.25) is 0 Å². The Kier molecular flexibility index (Phi) is 9.40. The first kappa shape index (κ1) is 31.9. The zero-order valence-corrected chi connectivity index (χ0v) is 23.6. The lowest BCUT2D eigenvalue weighted by Gasteiger charge is -2.32. The highest BCUT2D eigenvalue weighted by molar-refractivity contribution is 6.15. The average molecular weight is 609 g/mol. The normalized spacial score (nSPS) is 18.6. The van der Waals surface area contributed by atoms with Gasteiger partial charge in [0.05, 0.1) is 6.61 Å². The van der Waals surface area contributed by atoms with Crippen LogP contribution < -0.4 is 5.32 Å². The number of anilines is 1. The number of hydrogen-bond donors (Lipinski definition) is 2. The number of hydrogen-bond acceptors (Lipinski definition) is 6. The summed E-state index contributed by atoms with van der Waals surface area (Å²) in [5, 5.41) is 11.9. The van der Waals surface area contributed by atoms with Crippen molar-refractivity contribution in [2.45, 2.75) is 51.1 Å². The summed E-state index contributed by atoms with van der Waals surface area (Å²) in [6.07, 6.45) is -4.31. The number of benzene rings is 2. The summed E-state index contributed by atoms with van der Waals surface area (Å²) >= 11 is 0. The molecule has 1 aliphatic heterocycles. The van der Waals surface area contributed by atoms with Gasteiger partial charge in [-0.3, -0.25) is 14.4 Å². The van der Waals surface area contributed by atoms with E-state index in [-0.39, 0.29) is 30.7 Å². The maximum Gasteiger partial charge on any atom is 0.408 e. The minimum Gasteiger partial charge on any atom is -0.395 e. The minimum atomic E-state index is -4.78. The first-order valence-corrected chi connectivity index (χ1v) is 13.7. The van der Waals surface area contributed by atoms with Crippen molar-refractivity contribution < 1.29 is 46.6 Å². The van der Waals surface area contributed by atoms with Crippen LogP contribution in [-0.2, 0) is 37.7 Å². The molecule has 43 heavy (non-hydrogen) atoms. The van der Waals surface area contributed by atoms with Crippen molar-refractivity contribution in [3.63, 3.8) is 0 Å². The lowest BCUT2D eigenvalue weighted by Crippen LogP contribution is -2.51. The van der Waals surface area contributed by atoms with Gasteiger partial charge in [0.25, 0.3) is 5.91 Å². The second-order valence-electron chi connectivity index (χ2n) is 10.4. The van der Waals surface area contributed by atoms with Gasteiger partial charge in [0.15, 0.2) is 5.78 Å². The molecule has 2 aromatic carbocycles. The number of ketones is 1. The summed E-state index contributed by atoms with van der Waals surface area (Å²) < 4.78 is 60.0.